The van der Waals surface area contributed by atoms with E-state index in [0.29, 0.717) is 22.5 Å². The van der Waals surface area contributed by atoms with Gasteiger partial charge in [-0.15, -0.1) is 0 Å². The fourth-order valence-electron chi connectivity index (χ4n) is 1.41. The Kier molecular flexibility index (Phi) is 5.28. The molecule has 110 valence electrons. The summed E-state index contributed by atoms with van der Waals surface area (Å²) in [6, 6.07) is 4.36. The van der Waals surface area contributed by atoms with E-state index in [0.717, 1.165) is 0 Å². The highest BCUT2D eigenvalue weighted by Gasteiger charge is 2.23. The molecule has 0 radical (unpaired) electrons. The summed E-state index contributed by atoms with van der Waals surface area (Å²) in [4.78, 5) is 22.4. The topological polar surface area (TPSA) is 72.2 Å². The molecule has 0 aromatic heterocycles. The number of nitro benzene ring substituents is 1. The molecule has 20 heavy (non-hydrogen) atoms. The molecule has 1 N–H and O–H groups in total. The second kappa shape index (κ2) is 6.35. The number of carbonyl (C=O) groups is 1. The van der Waals surface area contributed by atoms with Crippen LogP contribution in [-0.2, 0) is 0 Å². The van der Waals surface area contributed by atoms with Crippen molar-refractivity contribution in [3.63, 3.8) is 0 Å². The van der Waals surface area contributed by atoms with Crippen molar-refractivity contribution in [2.45, 2.75) is 27.7 Å². The molecule has 0 atom stereocenters. The Balaban J connectivity index is 2.84. The van der Waals surface area contributed by atoms with Crippen molar-refractivity contribution in [3.05, 3.63) is 38.3 Å². The van der Waals surface area contributed by atoms with Crippen molar-refractivity contribution in [3.8, 4) is 0 Å². The molecule has 0 aliphatic carbocycles. The van der Waals surface area contributed by atoms with Gasteiger partial charge in [0.05, 0.1) is 9.40 Å². The lowest BCUT2D eigenvalue weighted by Crippen LogP contribution is -2.36. The number of rotatable bonds is 5. The third-order valence-corrected chi connectivity index (χ3v) is 4.34. The second-order valence-corrected chi connectivity index (χ2v) is 6.60. The lowest BCUT2D eigenvalue weighted by atomic mass is 9.81. The van der Waals surface area contributed by atoms with E-state index in [2.05, 4.69) is 48.9 Å². The number of halogens is 1. The second-order valence-electron chi connectivity index (χ2n) is 5.75. The van der Waals surface area contributed by atoms with Crippen molar-refractivity contribution >= 4 is 27.5 Å². The van der Waals surface area contributed by atoms with Crippen molar-refractivity contribution in [2.24, 2.45) is 11.3 Å². The number of carbonyl (C=O) groups excluding carboxylic acids is 1. The fourth-order valence-corrected chi connectivity index (χ4v) is 1.80. The molecule has 0 bridgehead atoms. The van der Waals surface area contributed by atoms with E-state index < -0.39 is 4.92 Å². The maximum absolute atomic E-state index is 12.1. The Morgan fingerprint density at radius 1 is 1.45 bits per heavy atom. The summed E-state index contributed by atoms with van der Waals surface area (Å²) in [5, 5.41) is 13.7. The van der Waals surface area contributed by atoms with Gasteiger partial charge in [0, 0.05) is 18.2 Å². The molecule has 6 heteroatoms. The number of nitrogens with zero attached hydrogens (tertiary/aromatic N) is 1. The first-order valence-corrected chi connectivity index (χ1v) is 7.16. The van der Waals surface area contributed by atoms with Crippen LogP contribution in [-0.4, -0.2) is 17.4 Å². The summed E-state index contributed by atoms with van der Waals surface area (Å²) < 4.78 is 0.363. The van der Waals surface area contributed by atoms with Crippen LogP contribution in [0.4, 0.5) is 5.69 Å². The summed E-state index contributed by atoms with van der Waals surface area (Å²) in [5.41, 5.74) is 0.150. The van der Waals surface area contributed by atoms with Crippen LogP contribution in [0.1, 0.15) is 38.1 Å². The Hall–Kier alpha value is -1.43. The molecule has 1 amide bonds. The molecule has 0 aliphatic heterocycles. The van der Waals surface area contributed by atoms with Crippen molar-refractivity contribution in [2.75, 3.05) is 6.54 Å². The van der Waals surface area contributed by atoms with Gasteiger partial charge < -0.3 is 5.32 Å². The maximum atomic E-state index is 12.1. The van der Waals surface area contributed by atoms with Crippen molar-refractivity contribution < 1.29 is 9.72 Å². The predicted molar refractivity (Wildman–Crippen MR) is 81.7 cm³/mol. The molecule has 0 saturated heterocycles. The van der Waals surface area contributed by atoms with Crippen LogP contribution < -0.4 is 5.32 Å². The van der Waals surface area contributed by atoms with Gasteiger partial charge in [-0.1, -0.05) is 27.7 Å². The minimum absolute atomic E-state index is 0.0308. The van der Waals surface area contributed by atoms with Gasteiger partial charge in [0.2, 0.25) is 0 Å². The Morgan fingerprint density at radius 2 is 2.05 bits per heavy atom. The number of hydrogen-bond donors (Lipinski definition) is 1. The number of benzene rings is 1. The normalized spacial score (nSPS) is 11.5. The molecule has 0 unspecified atom stereocenters. The average Bonchev–Trinajstić information content (AvgIpc) is 2.36. The largest absolute Gasteiger partial charge is 0.351 e. The van der Waals surface area contributed by atoms with Crippen LogP contribution in [0.5, 0.6) is 0 Å². The first-order chi connectivity index (χ1) is 9.15. The van der Waals surface area contributed by atoms with Gasteiger partial charge in [-0.05, 0) is 39.4 Å². The molecular weight excluding hydrogens is 324 g/mol. The molecule has 0 fully saturated rings. The van der Waals surface area contributed by atoms with Gasteiger partial charge in [-0.25, -0.2) is 0 Å². The first-order valence-electron chi connectivity index (χ1n) is 6.37. The smallest absolute Gasteiger partial charge is 0.284 e. The van der Waals surface area contributed by atoms with Gasteiger partial charge in [0.15, 0.2) is 0 Å². The number of hydrogen-bond acceptors (Lipinski definition) is 3. The summed E-state index contributed by atoms with van der Waals surface area (Å²) in [6.07, 6.45) is 0. The molecule has 5 nitrogen and oxygen atoms in total. The lowest BCUT2D eigenvalue weighted by Gasteiger charge is -2.29. The highest BCUT2D eigenvalue weighted by molar-refractivity contribution is 9.10. The Morgan fingerprint density at radius 3 is 2.55 bits per heavy atom. The zero-order valence-corrected chi connectivity index (χ0v) is 13.7. The van der Waals surface area contributed by atoms with Crippen LogP contribution in [0.25, 0.3) is 0 Å². The minimum atomic E-state index is -0.515. The number of nitro groups is 1. The van der Waals surface area contributed by atoms with Crippen LogP contribution in [0.3, 0.4) is 0 Å². The zero-order valence-electron chi connectivity index (χ0n) is 12.1. The monoisotopic (exact) mass is 342 g/mol. The Labute approximate surface area is 127 Å². The van der Waals surface area contributed by atoms with Gasteiger partial charge in [0.25, 0.3) is 11.6 Å². The number of amides is 1. The summed E-state index contributed by atoms with van der Waals surface area (Å²) >= 11 is 3.10. The fraction of sp³-hybridized carbons (Fsp3) is 0.500. The third-order valence-electron chi connectivity index (χ3n) is 3.67. The average molecular weight is 343 g/mol. The highest BCUT2D eigenvalue weighted by Crippen LogP contribution is 2.27. The van der Waals surface area contributed by atoms with E-state index in [9.17, 15) is 14.9 Å². The van der Waals surface area contributed by atoms with E-state index >= 15 is 0 Å². The van der Waals surface area contributed by atoms with Crippen LogP contribution in [0.2, 0.25) is 0 Å². The summed E-state index contributed by atoms with van der Waals surface area (Å²) in [7, 11) is 0. The van der Waals surface area contributed by atoms with E-state index in [1.54, 1.807) is 6.07 Å². The third kappa shape index (κ3) is 4.03. The molecule has 0 spiro atoms. The number of nitrogens with one attached hydrogen (secondary N) is 1. The zero-order chi connectivity index (χ0) is 15.5. The molecule has 1 aromatic carbocycles. The van der Waals surface area contributed by atoms with Crippen LogP contribution >= 0.6 is 15.9 Å². The predicted octanol–water partition coefficient (Wildman–Crippen LogP) is 3.77. The molecule has 0 saturated carbocycles. The minimum Gasteiger partial charge on any atom is -0.351 e. The van der Waals surface area contributed by atoms with Crippen molar-refractivity contribution in [1.82, 2.24) is 5.32 Å². The molecule has 1 aromatic rings. The standard InChI is InChI=1S/C14H19BrN2O3/c1-9(2)14(3,4)8-16-13(18)10-5-6-11(15)12(7-10)17(19)20/h5-7,9H,8H2,1-4H3,(H,16,18). The summed E-state index contributed by atoms with van der Waals surface area (Å²) in [6.45, 7) is 8.85. The maximum Gasteiger partial charge on any atom is 0.284 e. The summed E-state index contributed by atoms with van der Waals surface area (Å²) in [5.74, 6) is 0.122. The van der Waals surface area contributed by atoms with Crippen LogP contribution in [0.15, 0.2) is 22.7 Å². The highest BCUT2D eigenvalue weighted by atomic mass is 79.9. The Bertz CT molecular complexity index is 527. The van der Waals surface area contributed by atoms with Crippen molar-refractivity contribution in [1.29, 1.82) is 0 Å². The van der Waals surface area contributed by atoms with Gasteiger partial charge in [-0.2, -0.15) is 0 Å². The quantitative estimate of drug-likeness (QED) is 0.653. The van der Waals surface area contributed by atoms with Gasteiger partial charge >= 0.3 is 0 Å². The van der Waals surface area contributed by atoms with E-state index in [1.807, 2.05) is 0 Å². The van der Waals surface area contributed by atoms with E-state index in [-0.39, 0.29) is 17.0 Å². The van der Waals surface area contributed by atoms with E-state index in [1.165, 1.54) is 12.1 Å². The SMILES string of the molecule is CC(C)C(C)(C)CNC(=O)c1ccc(Br)c([N+](=O)[O-])c1. The van der Waals surface area contributed by atoms with Gasteiger partial charge in [0.1, 0.15) is 0 Å². The molecule has 0 aliphatic rings. The molecule has 0 heterocycles. The van der Waals surface area contributed by atoms with Gasteiger partial charge in [-0.3, -0.25) is 14.9 Å². The van der Waals surface area contributed by atoms with E-state index in [4.69, 9.17) is 0 Å². The molecular formula is C14H19BrN2O3. The van der Waals surface area contributed by atoms with Crippen LogP contribution in [0, 0.1) is 21.4 Å². The molecule has 1 rings (SSSR count). The first kappa shape index (κ1) is 16.6. The lowest BCUT2D eigenvalue weighted by molar-refractivity contribution is -0.385.